The van der Waals surface area contributed by atoms with Crippen LogP contribution >= 0.6 is 0 Å². The van der Waals surface area contributed by atoms with Gasteiger partial charge in [-0.15, -0.1) is 0 Å². The molecule has 1 fully saturated rings. The first-order valence-corrected chi connectivity index (χ1v) is 6.41. The van der Waals surface area contributed by atoms with Gasteiger partial charge in [0.25, 0.3) is 11.4 Å². The third-order valence-corrected chi connectivity index (χ3v) is 3.38. The molecular formula is C12H17N4O4+. The number of benzene rings is 1. The molecule has 1 aliphatic heterocycles. The molecule has 2 N–H and O–H groups in total. The maximum Gasteiger partial charge on any atom is 0.299 e. The second-order valence-corrected chi connectivity index (χ2v) is 5.24. The number of rotatable bonds is 3. The molecule has 8 nitrogen and oxygen atoms in total. The van der Waals surface area contributed by atoms with Crippen molar-refractivity contribution in [2.45, 2.75) is 25.9 Å². The van der Waals surface area contributed by atoms with Gasteiger partial charge in [-0.2, -0.15) is 0 Å². The summed E-state index contributed by atoms with van der Waals surface area (Å²) in [6.45, 7) is 5.48. The number of hydrogen-bond donors (Lipinski definition) is 1. The van der Waals surface area contributed by atoms with E-state index in [4.69, 9.17) is 0 Å². The Balaban J connectivity index is 2.40. The maximum absolute atomic E-state index is 11.2. The molecule has 0 unspecified atom stereocenters. The van der Waals surface area contributed by atoms with Crippen molar-refractivity contribution in [1.82, 2.24) is 0 Å². The second kappa shape index (κ2) is 5.41. The molecule has 0 amide bonds. The lowest BCUT2D eigenvalue weighted by Crippen LogP contribution is -2.99. The number of piperazine rings is 1. The van der Waals surface area contributed by atoms with Gasteiger partial charge in [-0.25, -0.2) is 0 Å². The monoisotopic (exact) mass is 281 g/mol. The van der Waals surface area contributed by atoms with Gasteiger partial charge in [-0.3, -0.25) is 20.2 Å². The molecule has 8 heteroatoms. The molecule has 0 saturated carbocycles. The van der Waals surface area contributed by atoms with Crippen LogP contribution in [0.15, 0.2) is 18.2 Å². The van der Waals surface area contributed by atoms with Crippen LogP contribution in [0.4, 0.5) is 17.1 Å². The van der Waals surface area contributed by atoms with Gasteiger partial charge in [0.05, 0.1) is 29.0 Å². The molecule has 2 rings (SSSR count). The van der Waals surface area contributed by atoms with Crippen molar-refractivity contribution < 1.29 is 15.2 Å². The number of nitrogens with two attached hydrogens (primary N) is 1. The Morgan fingerprint density at radius 2 is 1.75 bits per heavy atom. The summed E-state index contributed by atoms with van der Waals surface area (Å²) in [6, 6.07) is 4.47. The first-order valence-electron chi connectivity index (χ1n) is 6.41. The van der Waals surface area contributed by atoms with Crippen LogP contribution in [-0.4, -0.2) is 35.0 Å². The van der Waals surface area contributed by atoms with E-state index >= 15 is 0 Å². The zero-order chi connectivity index (χ0) is 14.9. The van der Waals surface area contributed by atoms with Crippen molar-refractivity contribution in [2.24, 2.45) is 0 Å². The van der Waals surface area contributed by atoms with Crippen LogP contribution in [0.25, 0.3) is 0 Å². The first-order chi connectivity index (χ1) is 9.38. The Morgan fingerprint density at radius 1 is 1.15 bits per heavy atom. The Bertz CT molecular complexity index is 538. The topological polar surface area (TPSA) is 106 Å². The SMILES string of the molecule is C[C@@H]1CN(c2ccc([N+](=O)[O-])cc2[N+](=O)[O-])C[C@H](C)[NH2+]1. The zero-order valence-corrected chi connectivity index (χ0v) is 11.4. The van der Waals surface area contributed by atoms with E-state index in [0.29, 0.717) is 30.9 Å². The summed E-state index contributed by atoms with van der Waals surface area (Å²) >= 11 is 0. The van der Waals surface area contributed by atoms with Crippen molar-refractivity contribution in [3.05, 3.63) is 38.4 Å². The molecule has 2 atom stereocenters. The smallest absolute Gasteiger partial charge is 0.299 e. The van der Waals surface area contributed by atoms with Crippen molar-refractivity contribution in [2.75, 3.05) is 18.0 Å². The molecule has 20 heavy (non-hydrogen) atoms. The first kappa shape index (κ1) is 14.2. The van der Waals surface area contributed by atoms with Gasteiger partial charge in [0.2, 0.25) is 0 Å². The van der Waals surface area contributed by atoms with Crippen molar-refractivity contribution in [3.8, 4) is 0 Å². The van der Waals surface area contributed by atoms with E-state index in [9.17, 15) is 20.2 Å². The molecule has 0 spiro atoms. The van der Waals surface area contributed by atoms with Crippen molar-refractivity contribution in [3.63, 3.8) is 0 Å². The maximum atomic E-state index is 11.2. The second-order valence-electron chi connectivity index (χ2n) is 5.24. The van der Waals surface area contributed by atoms with Gasteiger partial charge in [0.1, 0.15) is 17.8 Å². The molecule has 0 aliphatic carbocycles. The lowest BCUT2D eigenvalue weighted by molar-refractivity contribution is -0.716. The number of non-ortho nitro benzene ring substituents is 1. The van der Waals surface area contributed by atoms with Crippen molar-refractivity contribution >= 4 is 17.1 Å². The fourth-order valence-electron chi connectivity index (χ4n) is 2.69. The van der Waals surface area contributed by atoms with E-state index in [1.54, 1.807) is 0 Å². The molecule has 0 radical (unpaired) electrons. The number of hydrogen-bond acceptors (Lipinski definition) is 5. The summed E-state index contributed by atoms with van der Waals surface area (Å²) in [6.07, 6.45) is 0. The van der Waals surface area contributed by atoms with Gasteiger partial charge in [0, 0.05) is 6.07 Å². The highest BCUT2D eigenvalue weighted by Crippen LogP contribution is 2.32. The number of nitrogens with zero attached hydrogens (tertiary/aromatic N) is 3. The molecule has 1 heterocycles. The van der Waals surface area contributed by atoms with Gasteiger partial charge >= 0.3 is 0 Å². The van der Waals surface area contributed by atoms with Crippen LogP contribution < -0.4 is 10.2 Å². The number of nitro groups is 2. The van der Waals surface area contributed by atoms with E-state index in [2.05, 4.69) is 19.2 Å². The fraction of sp³-hybridized carbons (Fsp3) is 0.500. The average molecular weight is 281 g/mol. The largest absolute Gasteiger partial charge is 0.354 e. The third kappa shape index (κ3) is 2.85. The van der Waals surface area contributed by atoms with Gasteiger partial charge in [-0.05, 0) is 19.9 Å². The zero-order valence-electron chi connectivity index (χ0n) is 11.4. The third-order valence-electron chi connectivity index (χ3n) is 3.38. The van der Waals surface area contributed by atoms with Crippen LogP contribution in [0.1, 0.15) is 13.8 Å². The minimum Gasteiger partial charge on any atom is -0.354 e. The summed E-state index contributed by atoms with van der Waals surface area (Å²) in [4.78, 5) is 22.6. The molecule has 1 aromatic carbocycles. The highest BCUT2D eigenvalue weighted by atomic mass is 16.6. The summed E-state index contributed by atoms with van der Waals surface area (Å²) < 4.78 is 0. The van der Waals surface area contributed by atoms with Crippen LogP contribution in [0, 0.1) is 20.2 Å². The Morgan fingerprint density at radius 3 is 2.25 bits per heavy atom. The predicted octanol–water partition coefficient (Wildman–Crippen LogP) is 0.663. The molecule has 1 saturated heterocycles. The van der Waals surface area contributed by atoms with E-state index < -0.39 is 9.85 Å². The summed E-state index contributed by atoms with van der Waals surface area (Å²) in [7, 11) is 0. The van der Waals surface area contributed by atoms with Gasteiger partial charge in [0.15, 0.2) is 0 Å². The Hall–Kier alpha value is -2.22. The summed E-state index contributed by atoms with van der Waals surface area (Å²) in [5.41, 5.74) is -0.0157. The van der Waals surface area contributed by atoms with E-state index in [1.165, 1.54) is 12.1 Å². The average Bonchev–Trinajstić information content (AvgIpc) is 2.36. The lowest BCUT2D eigenvalue weighted by atomic mass is 10.1. The Kier molecular flexibility index (Phi) is 3.84. The number of anilines is 1. The van der Waals surface area contributed by atoms with Crippen LogP contribution in [0.5, 0.6) is 0 Å². The number of quaternary nitrogens is 1. The molecule has 108 valence electrons. The molecule has 0 aromatic heterocycles. The molecule has 1 aromatic rings. The molecular weight excluding hydrogens is 264 g/mol. The van der Waals surface area contributed by atoms with Crippen molar-refractivity contribution in [1.29, 1.82) is 0 Å². The Labute approximate surface area is 115 Å². The predicted molar refractivity (Wildman–Crippen MR) is 72.8 cm³/mol. The number of nitro benzene ring substituents is 2. The van der Waals surface area contributed by atoms with Crippen LogP contribution in [0.2, 0.25) is 0 Å². The van der Waals surface area contributed by atoms with E-state index in [0.717, 1.165) is 6.07 Å². The standard InChI is InChI=1S/C12H16N4O4/c1-8-6-14(7-9(2)13-8)11-4-3-10(15(17)18)5-12(11)16(19)20/h3-5,8-9,13H,6-7H2,1-2H3/p+1/t8-,9+. The minimum atomic E-state index is -0.619. The lowest BCUT2D eigenvalue weighted by Gasteiger charge is -2.34. The van der Waals surface area contributed by atoms with E-state index in [-0.39, 0.29) is 11.4 Å². The summed E-state index contributed by atoms with van der Waals surface area (Å²) in [5.74, 6) is 0. The van der Waals surface area contributed by atoms with E-state index in [1.807, 2.05) is 4.90 Å². The van der Waals surface area contributed by atoms with Gasteiger partial charge < -0.3 is 10.2 Å². The molecule has 0 bridgehead atoms. The fourth-order valence-corrected chi connectivity index (χ4v) is 2.69. The molecule has 1 aliphatic rings. The van der Waals surface area contributed by atoms with Crippen LogP contribution in [0.3, 0.4) is 0 Å². The van der Waals surface area contributed by atoms with Crippen LogP contribution in [-0.2, 0) is 0 Å². The highest BCUT2D eigenvalue weighted by Gasteiger charge is 2.30. The quantitative estimate of drug-likeness (QED) is 0.647. The minimum absolute atomic E-state index is 0.208. The summed E-state index contributed by atoms with van der Waals surface area (Å²) in [5, 5.41) is 24.1. The highest BCUT2D eigenvalue weighted by molar-refractivity contribution is 5.67. The van der Waals surface area contributed by atoms with Gasteiger partial charge in [-0.1, -0.05) is 0 Å². The normalized spacial score (nSPS) is 22.6.